The van der Waals surface area contributed by atoms with E-state index in [2.05, 4.69) is 11.2 Å². The lowest BCUT2D eigenvalue weighted by Crippen LogP contribution is -2.14. The second-order valence-corrected chi connectivity index (χ2v) is 4.07. The van der Waals surface area contributed by atoms with Gasteiger partial charge in [0.15, 0.2) is 0 Å². The van der Waals surface area contributed by atoms with E-state index >= 15 is 0 Å². The van der Waals surface area contributed by atoms with Gasteiger partial charge in [0.2, 0.25) is 0 Å². The lowest BCUT2D eigenvalue weighted by Gasteiger charge is -1.96. The highest BCUT2D eigenvalue weighted by atomic mass is 16.4. The first-order valence-corrected chi connectivity index (χ1v) is 6.17. The summed E-state index contributed by atoms with van der Waals surface area (Å²) in [7, 11) is 0. The molecule has 0 aromatic heterocycles. The Hall–Kier alpha value is -2.80. The molecule has 0 amide bonds. The molecule has 2 aromatic rings. The molecule has 2 aromatic carbocycles. The molecule has 3 N–H and O–H groups in total. The fourth-order valence-corrected chi connectivity index (χ4v) is 1.53. The van der Waals surface area contributed by atoms with Crippen LogP contribution in [0.3, 0.4) is 0 Å². The van der Waals surface area contributed by atoms with Gasteiger partial charge in [0.25, 0.3) is 0 Å². The minimum Gasteiger partial charge on any atom is -0.409 e. The second kappa shape index (κ2) is 9.17. The van der Waals surface area contributed by atoms with Crippen LogP contribution in [0.4, 0.5) is 0 Å². The normalized spacial score (nSPS) is 10.1. The Balaban J connectivity index is 0.000000204. The molecule has 102 valence electrons. The van der Waals surface area contributed by atoms with Gasteiger partial charge in [-0.3, -0.25) is 0 Å². The number of hydrogen-bond donors (Lipinski definition) is 2. The molecular formula is C16H17N3O. The molecule has 0 aliphatic carbocycles. The van der Waals surface area contributed by atoms with Gasteiger partial charge in [-0.25, -0.2) is 0 Å². The Morgan fingerprint density at radius 3 is 1.95 bits per heavy atom. The predicted octanol–water partition coefficient (Wildman–Crippen LogP) is 2.73. The zero-order chi connectivity index (χ0) is 14.6. The lowest BCUT2D eigenvalue weighted by molar-refractivity contribution is 0.317. The van der Waals surface area contributed by atoms with Crippen LogP contribution in [0.1, 0.15) is 11.1 Å². The van der Waals surface area contributed by atoms with Crippen molar-refractivity contribution < 1.29 is 5.21 Å². The maximum Gasteiger partial charge on any atom is 0.143 e. The zero-order valence-corrected chi connectivity index (χ0v) is 11.1. The monoisotopic (exact) mass is 267 g/mol. The number of nitrogens with zero attached hydrogens (tertiary/aromatic N) is 2. The van der Waals surface area contributed by atoms with Crippen molar-refractivity contribution in [1.29, 1.82) is 5.26 Å². The van der Waals surface area contributed by atoms with Gasteiger partial charge in [0, 0.05) is 6.42 Å². The third kappa shape index (κ3) is 6.22. The van der Waals surface area contributed by atoms with Crippen LogP contribution < -0.4 is 5.73 Å². The summed E-state index contributed by atoms with van der Waals surface area (Å²) in [6.07, 6.45) is 1.01. The number of hydrogen-bond acceptors (Lipinski definition) is 3. The molecular weight excluding hydrogens is 250 g/mol. The standard InChI is InChI=1S/C8H10N2O.C8H7N/c9-8(10-11)6-7-4-2-1-3-5-7;9-7-6-8-4-2-1-3-5-8/h1-5,11H,6H2,(H2,9,10);1-5H,6H2. The Morgan fingerprint density at radius 2 is 1.50 bits per heavy atom. The van der Waals surface area contributed by atoms with Crippen molar-refractivity contribution in [2.75, 3.05) is 0 Å². The summed E-state index contributed by atoms with van der Waals surface area (Å²) >= 11 is 0. The Morgan fingerprint density at radius 1 is 1.00 bits per heavy atom. The van der Waals surface area contributed by atoms with E-state index in [1.807, 2.05) is 60.7 Å². The number of rotatable bonds is 3. The number of amidine groups is 1. The van der Waals surface area contributed by atoms with Crippen molar-refractivity contribution >= 4 is 5.84 Å². The van der Waals surface area contributed by atoms with E-state index < -0.39 is 0 Å². The molecule has 4 heteroatoms. The van der Waals surface area contributed by atoms with E-state index in [-0.39, 0.29) is 5.84 Å². The van der Waals surface area contributed by atoms with Gasteiger partial charge in [-0.05, 0) is 11.1 Å². The molecule has 0 unspecified atom stereocenters. The number of benzene rings is 2. The summed E-state index contributed by atoms with van der Waals surface area (Å²) in [6, 6.07) is 21.4. The van der Waals surface area contributed by atoms with Crippen molar-refractivity contribution in [3.8, 4) is 6.07 Å². The van der Waals surface area contributed by atoms with Crippen molar-refractivity contribution in [1.82, 2.24) is 0 Å². The van der Waals surface area contributed by atoms with E-state index in [0.29, 0.717) is 12.8 Å². The highest BCUT2D eigenvalue weighted by Crippen LogP contribution is 1.98. The van der Waals surface area contributed by atoms with Crippen LogP contribution in [0.5, 0.6) is 0 Å². The largest absolute Gasteiger partial charge is 0.409 e. The summed E-state index contributed by atoms with van der Waals surface area (Å²) < 4.78 is 0. The van der Waals surface area contributed by atoms with Gasteiger partial charge in [0.05, 0.1) is 12.5 Å². The molecule has 0 heterocycles. The molecule has 0 aliphatic rings. The maximum atomic E-state index is 8.27. The lowest BCUT2D eigenvalue weighted by atomic mass is 10.1. The van der Waals surface area contributed by atoms with E-state index in [4.69, 9.17) is 16.2 Å². The summed E-state index contributed by atoms with van der Waals surface area (Å²) in [5.74, 6) is 0.233. The Labute approximate surface area is 118 Å². The highest BCUT2D eigenvalue weighted by Gasteiger charge is 1.94. The van der Waals surface area contributed by atoms with Crippen molar-refractivity contribution in [3.63, 3.8) is 0 Å². The smallest absolute Gasteiger partial charge is 0.143 e. The minimum absolute atomic E-state index is 0.233. The van der Waals surface area contributed by atoms with Crippen LogP contribution in [0, 0.1) is 11.3 Å². The van der Waals surface area contributed by atoms with Crippen molar-refractivity contribution in [2.45, 2.75) is 12.8 Å². The van der Waals surface area contributed by atoms with Crippen LogP contribution in [-0.2, 0) is 12.8 Å². The summed E-state index contributed by atoms with van der Waals surface area (Å²) in [4.78, 5) is 0. The van der Waals surface area contributed by atoms with Crippen LogP contribution in [0.15, 0.2) is 65.8 Å². The molecule has 0 fully saturated rings. The number of nitriles is 1. The summed E-state index contributed by atoms with van der Waals surface area (Å²) in [5, 5.41) is 19.4. The van der Waals surface area contributed by atoms with Crippen LogP contribution in [-0.4, -0.2) is 11.0 Å². The molecule has 4 nitrogen and oxygen atoms in total. The predicted molar refractivity (Wildman–Crippen MR) is 79.3 cm³/mol. The van der Waals surface area contributed by atoms with Gasteiger partial charge in [-0.1, -0.05) is 65.8 Å². The first-order chi connectivity index (χ1) is 9.76. The van der Waals surface area contributed by atoms with Crippen molar-refractivity contribution in [2.24, 2.45) is 10.9 Å². The van der Waals surface area contributed by atoms with Gasteiger partial charge in [-0.15, -0.1) is 0 Å². The molecule has 0 bridgehead atoms. The third-order valence-electron chi connectivity index (χ3n) is 2.48. The SMILES string of the molecule is N#CCc1ccccc1.N/C(Cc1ccccc1)=N\O. The quantitative estimate of drug-likeness (QED) is 0.388. The molecule has 0 spiro atoms. The molecule has 20 heavy (non-hydrogen) atoms. The van der Waals surface area contributed by atoms with E-state index in [0.717, 1.165) is 11.1 Å². The third-order valence-corrected chi connectivity index (χ3v) is 2.48. The van der Waals surface area contributed by atoms with E-state index in [1.165, 1.54) is 0 Å². The molecule has 2 rings (SSSR count). The molecule has 0 saturated carbocycles. The minimum atomic E-state index is 0.233. The summed E-state index contributed by atoms with van der Waals surface area (Å²) in [5.41, 5.74) is 7.43. The number of nitrogens with two attached hydrogens (primary N) is 1. The number of oxime groups is 1. The fourth-order valence-electron chi connectivity index (χ4n) is 1.53. The Bertz CT molecular complexity index is 559. The molecule has 0 radical (unpaired) electrons. The van der Waals surface area contributed by atoms with Crippen LogP contribution >= 0.6 is 0 Å². The molecule has 0 saturated heterocycles. The fraction of sp³-hybridized carbons (Fsp3) is 0.125. The topological polar surface area (TPSA) is 82.4 Å². The molecule has 0 atom stereocenters. The van der Waals surface area contributed by atoms with E-state index in [9.17, 15) is 0 Å². The van der Waals surface area contributed by atoms with Gasteiger partial charge >= 0.3 is 0 Å². The molecule has 0 aliphatic heterocycles. The van der Waals surface area contributed by atoms with Gasteiger partial charge in [-0.2, -0.15) is 5.26 Å². The average molecular weight is 267 g/mol. The van der Waals surface area contributed by atoms with E-state index in [1.54, 1.807) is 0 Å². The first kappa shape index (κ1) is 15.3. The maximum absolute atomic E-state index is 8.27. The summed E-state index contributed by atoms with van der Waals surface area (Å²) in [6.45, 7) is 0. The second-order valence-electron chi connectivity index (χ2n) is 4.07. The Kier molecular flexibility index (Phi) is 7.00. The first-order valence-electron chi connectivity index (χ1n) is 6.17. The average Bonchev–Trinajstić information content (AvgIpc) is 2.50. The van der Waals surface area contributed by atoms with Gasteiger partial charge < -0.3 is 10.9 Å². The van der Waals surface area contributed by atoms with Crippen molar-refractivity contribution in [3.05, 3.63) is 71.8 Å². The van der Waals surface area contributed by atoms with Crippen LogP contribution in [0.2, 0.25) is 0 Å². The van der Waals surface area contributed by atoms with Gasteiger partial charge in [0.1, 0.15) is 5.84 Å². The highest BCUT2D eigenvalue weighted by molar-refractivity contribution is 5.81. The van der Waals surface area contributed by atoms with Crippen LogP contribution in [0.25, 0.3) is 0 Å². The zero-order valence-electron chi connectivity index (χ0n) is 11.1.